The van der Waals surface area contributed by atoms with E-state index in [-0.39, 0.29) is 5.82 Å². The van der Waals surface area contributed by atoms with Crippen LogP contribution in [0.2, 0.25) is 0 Å². The first kappa shape index (κ1) is 10.9. The number of nitrogens with one attached hydrogen (secondary N) is 1. The van der Waals surface area contributed by atoms with E-state index in [1.54, 1.807) is 6.07 Å². The van der Waals surface area contributed by atoms with E-state index in [9.17, 15) is 4.39 Å². The molecule has 0 spiro atoms. The van der Waals surface area contributed by atoms with Crippen LogP contribution in [0.25, 0.3) is 0 Å². The van der Waals surface area contributed by atoms with Gasteiger partial charge in [-0.2, -0.15) is 0 Å². The van der Waals surface area contributed by atoms with Gasteiger partial charge in [-0.05, 0) is 25.1 Å². The molecule has 1 aliphatic rings. The summed E-state index contributed by atoms with van der Waals surface area (Å²) < 4.78 is 14.6. The summed E-state index contributed by atoms with van der Waals surface area (Å²) in [5, 5.41) is 3.29. The van der Waals surface area contributed by atoms with E-state index < -0.39 is 0 Å². The van der Waals surface area contributed by atoms with E-state index in [4.69, 9.17) is 0 Å². The number of halogens is 2. The van der Waals surface area contributed by atoms with Crippen LogP contribution in [0.3, 0.4) is 0 Å². The summed E-state index contributed by atoms with van der Waals surface area (Å²) in [5.41, 5.74) is 0.693. The Hall–Kier alpha value is -0.610. The van der Waals surface area contributed by atoms with Crippen LogP contribution in [0.15, 0.2) is 22.7 Å². The third-order valence-electron chi connectivity index (χ3n) is 2.72. The van der Waals surface area contributed by atoms with Crippen molar-refractivity contribution in [2.24, 2.45) is 0 Å². The first-order chi connectivity index (χ1) is 7.18. The van der Waals surface area contributed by atoms with Gasteiger partial charge in [0.25, 0.3) is 0 Å². The van der Waals surface area contributed by atoms with Gasteiger partial charge in [-0.1, -0.05) is 15.9 Å². The monoisotopic (exact) mass is 272 g/mol. The van der Waals surface area contributed by atoms with E-state index in [0.717, 1.165) is 24.1 Å². The average Bonchev–Trinajstić information content (AvgIpc) is 2.23. The first-order valence-corrected chi connectivity index (χ1v) is 5.90. The second kappa shape index (κ2) is 4.49. The number of nitrogens with zero attached hydrogens (tertiary/aromatic N) is 1. The van der Waals surface area contributed by atoms with Crippen LogP contribution < -0.4 is 10.2 Å². The highest BCUT2D eigenvalue weighted by atomic mass is 79.9. The van der Waals surface area contributed by atoms with Crippen molar-refractivity contribution < 1.29 is 4.39 Å². The maximum absolute atomic E-state index is 13.6. The van der Waals surface area contributed by atoms with Crippen LogP contribution in [0.1, 0.15) is 6.92 Å². The zero-order valence-electron chi connectivity index (χ0n) is 8.63. The number of hydrogen-bond acceptors (Lipinski definition) is 2. The van der Waals surface area contributed by atoms with Gasteiger partial charge >= 0.3 is 0 Å². The molecule has 15 heavy (non-hydrogen) atoms. The number of benzene rings is 1. The Kier molecular flexibility index (Phi) is 3.26. The van der Waals surface area contributed by atoms with Crippen molar-refractivity contribution in [3.05, 3.63) is 28.5 Å². The minimum absolute atomic E-state index is 0.146. The molecule has 0 amide bonds. The topological polar surface area (TPSA) is 15.3 Å². The SMILES string of the molecule is CC1CNCCN1c1cc(Br)ccc1F. The van der Waals surface area contributed by atoms with Gasteiger partial charge < -0.3 is 10.2 Å². The lowest BCUT2D eigenvalue weighted by molar-refractivity contribution is 0.491. The predicted molar refractivity (Wildman–Crippen MR) is 63.8 cm³/mol. The molecule has 0 bridgehead atoms. The Morgan fingerprint density at radius 2 is 2.33 bits per heavy atom. The summed E-state index contributed by atoms with van der Waals surface area (Å²) in [6.07, 6.45) is 0. The van der Waals surface area contributed by atoms with Crippen LogP contribution in [0.4, 0.5) is 10.1 Å². The Morgan fingerprint density at radius 1 is 1.53 bits per heavy atom. The average molecular weight is 273 g/mol. The van der Waals surface area contributed by atoms with E-state index in [1.807, 2.05) is 6.07 Å². The minimum atomic E-state index is -0.146. The van der Waals surface area contributed by atoms with Crippen molar-refractivity contribution in [1.29, 1.82) is 0 Å². The van der Waals surface area contributed by atoms with E-state index in [1.165, 1.54) is 6.07 Å². The van der Waals surface area contributed by atoms with Crippen molar-refractivity contribution in [2.45, 2.75) is 13.0 Å². The zero-order valence-corrected chi connectivity index (χ0v) is 10.2. The number of rotatable bonds is 1. The smallest absolute Gasteiger partial charge is 0.146 e. The van der Waals surface area contributed by atoms with E-state index in [0.29, 0.717) is 11.7 Å². The highest BCUT2D eigenvalue weighted by molar-refractivity contribution is 9.10. The van der Waals surface area contributed by atoms with Crippen molar-refractivity contribution >= 4 is 21.6 Å². The maximum atomic E-state index is 13.6. The Labute approximate surface area is 97.6 Å². The fourth-order valence-corrected chi connectivity index (χ4v) is 2.25. The second-order valence-electron chi connectivity index (χ2n) is 3.84. The number of anilines is 1. The lowest BCUT2D eigenvalue weighted by atomic mass is 10.1. The Morgan fingerprint density at radius 3 is 3.07 bits per heavy atom. The van der Waals surface area contributed by atoms with Gasteiger partial charge in [0.2, 0.25) is 0 Å². The zero-order chi connectivity index (χ0) is 10.8. The quantitative estimate of drug-likeness (QED) is 0.845. The molecule has 0 aliphatic carbocycles. The lowest BCUT2D eigenvalue weighted by Gasteiger charge is -2.36. The van der Waals surface area contributed by atoms with Gasteiger partial charge in [0.05, 0.1) is 5.69 Å². The van der Waals surface area contributed by atoms with Crippen LogP contribution in [0, 0.1) is 5.82 Å². The highest BCUT2D eigenvalue weighted by Gasteiger charge is 2.20. The van der Waals surface area contributed by atoms with Crippen LogP contribution in [-0.2, 0) is 0 Å². The van der Waals surface area contributed by atoms with Crippen LogP contribution in [0.5, 0.6) is 0 Å². The molecule has 1 aromatic rings. The van der Waals surface area contributed by atoms with Gasteiger partial charge in [-0.3, -0.25) is 0 Å². The number of hydrogen-bond donors (Lipinski definition) is 1. The molecular weight excluding hydrogens is 259 g/mol. The van der Waals surface area contributed by atoms with E-state index in [2.05, 4.69) is 33.1 Å². The summed E-state index contributed by atoms with van der Waals surface area (Å²) >= 11 is 3.37. The summed E-state index contributed by atoms with van der Waals surface area (Å²) in [5.74, 6) is -0.146. The minimum Gasteiger partial charge on any atom is -0.364 e. The van der Waals surface area contributed by atoms with Gasteiger partial charge in [0.15, 0.2) is 0 Å². The molecule has 4 heteroatoms. The molecule has 1 saturated heterocycles. The van der Waals surface area contributed by atoms with Crippen molar-refractivity contribution in [3.8, 4) is 0 Å². The van der Waals surface area contributed by atoms with Crippen molar-refractivity contribution in [1.82, 2.24) is 5.32 Å². The van der Waals surface area contributed by atoms with Gasteiger partial charge in [-0.25, -0.2) is 4.39 Å². The van der Waals surface area contributed by atoms with Crippen LogP contribution in [-0.4, -0.2) is 25.7 Å². The molecule has 2 nitrogen and oxygen atoms in total. The summed E-state index contributed by atoms with van der Waals surface area (Å²) in [6, 6.07) is 5.42. The Bertz CT molecular complexity index is 356. The van der Waals surface area contributed by atoms with Gasteiger partial charge in [0, 0.05) is 30.1 Å². The molecule has 1 atom stereocenters. The standard InChI is InChI=1S/C11H14BrFN2/c1-8-7-14-4-5-15(8)11-6-9(12)2-3-10(11)13/h2-3,6,8,14H,4-5,7H2,1H3. The van der Waals surface area contributed by atoms with E-state index >= 15 is 0 Å². The number of piperazine rings is 1. The molecule has 0 radical (unpaired) electrons. The second-order valence-corrected chi connectivity index (χ2v) is 4.76. The molecule has 1 unspecified atom stereocenters. The molecule has 0 aromatic heterocycles. The van der Waals surface area contributed by atoms with Gasteiger partial charge in [0.1, 0.15) is 5.82 Å². The normalized spacial score (nSPS) is 21.8. The first-order valence-electron chi connectivity index (χ1n) is 5.11. The molecule has 1 heterocycles. The molecule has 1 fully saturated rings. The largest absolute Gasteiger partial charge is 0.364 e. The molecule has 2 rings (SSSR count). The molecule has 82 valence electrons. The van der Waals surface area contributed by atoms with Crippen molar-refractivity contribution in [2.75, 3.05) is 24.5 Å². The predicted octanol–water partition coefficient (Wildman–Crippen LogP) is 2.39. The molecule has 1 aromatic carbocycles. The third kappa shape index (κ3) is 2.32. The summed E-state index contributed by atoms with van der Waals surface area (Å²) in [6.45, 7) is 4.78. The summed E-state index contributed by atoms with van der Waals surface area (Å²) in [7, 11) is 0. The van der Waals surface area contributed by atoms with Crippen LogP contribution >= 0.6 is 15.9 Å². The Balaban J connectivity index is 2.30. The molecular formula is C11H14BrFN2. The van der Waals surface area contributed by atoms with Gasteiger partial charge in [-0.15, -0.1) is 0 Å². The summed E-state index contributed by atoms with van der Waals surface area (Å²) in [4.78, 5) is 2.11. The highest BCUT2D eigenvalue weighted by Crippen LogP contribution is 2.25. The lowest BCUT2D eigenvalue weighted by Crippen LogP contribution is -2.50. The third-order valence-corrected chi connectivity index (χ3v) is 3.21. The van der Waals surface area contributed by atoms with Crippen molar-refractivity contribution in [3.63, 3.8) is 0 Å². The fourth-order valence-electron chi connectivity index (χ4n) is 1.90. The maximum Gasteiger partial charge on any atom is 0.146 e. The fraction of sp³-hybridized carbons (Fsp3) is 0.455. The molecule has 1 N–H and O–H groups in total. The molecule has 0 saturated carbocycles. The molecule has 1 aliphatic heterocycles.